The lowest BCUT2D eigenvalue weighted by Crippen LogP contribution is -2.07. The maximum atomic E-state index is 14.1. The van der Waals surface area contributed by atoms with Gasteiger partial charge in [-0.25, -0.2) is 48.9 Å². The molecule has 0 fully saturated rings. The molecule has 0 N–H and O–H groups in total. The Balaban J connectivity index is 2.38. The Morgan fingerprint density at radius 1 is 0.633 bits per heavy atom. The van der Waals surface area contributed by atoms with Gasteiger partial charge in [0, 0.05) is 12.7 Å². The molecule has 0 atom stereocenters. The molecule has 0 amide bonds. The summed E-state index contributed by atoms with van der Waals surface area (Å²) in [5.74, 6) is -24.5. The summed E-state index contributed by atoms with van der Waals surface area (Å²) in [6.45, 7) is 2.85. The van der Waals surface area contributed by atoms with Crippen LogP contribution in [-0.2, 0) is 6.54 Å². The highest BCUT2D eigenvalue weighted by Crippen LogP contribution is 2.35. The van der Waals surface area contributed by atoms with Crippen LogP contribution >= 0.6 is 0 Å². The number of halogens is 10. The summed E-state index contributed by atoms with van der Waals surface area (Å²) in [6.07, 6.45) is 1.66. The highest BCUT2D eigenvalue weighted by atomic mass is 19.2. The Kier molecular flexibility index (Phi) is 5.35. The fourth-order valence-electron chi connectivity index (χ4n) is 2.65. The zero-order chi connectivity index (χ0) is 22.5. The number of nitrogens with zero attached hydrogens (tertiary/aromatic N) is 2. The van der Waals surface area contributed by atoms with Gasteiger partial charge in [0.05, 0.1) is 16.8 Å². The summed E-state index contributed by atoms with van der Waals surface area (Å²) in [5, 5.41) is 0. The maximum absolute atomic E-state index is 14.1. The number of allylic oxidation sites excluding steroid dienone is 1. The molecule has 0 aliphatic heterocycles. The molecule has 0 bridgehead atoms. The molecule has 0 saturated carbocycles. The van der Waals surface area contributed by atoms with Crippen LogP contribution in [0, 0.1) is 58.2 Å². The number of benzene rings is 2. The Bertz CT molecular complexity index is 1140. The Labute approximate surface area is 160 Å². The smallest absolute Gasteiger partial charge is 0.200 e. The third kappa shape index (κ3) is 3.02. The van der Waals surface area contributed by atoms with Crippen molar-refractivity contribution in [3.05, 3.63) is 77.0 Å². The maximum Gasteiger partial charge on any atom is 0.200 e. The first-order chi connectivity index (χ1) is 14.0. The fraction of sp³-hybridized carbons (Fsp3) is 0.0556. The minimum Gasteiger partial charge on any atom is -0.326 e. The van der Waals surface area contributed by atoms with Crippen LogP contribution in [-0.4, -0.2) is 9.55 Å². The van der Waals surface area contributed by atoms with E-state index in [0.29, 0.717) is 10.8 Å². The molecule has 158 valence electrons. The summed E-state index contributed by atoms with van der Waals surface area (Å²) < 4.78 is 138. The van der Waals surface area contributed by atoms with E-state index in [-0.39, 0.29) is 0 Å². The topological polar surface area (TPSA) is 17.8 Å². The van der Waals surface area contributed by atoms with Crippen LogP contribution in [0.5, 0.6) is 0 Å². The van der Waals surface area contributed by atoms with Crippen molar-refractivity contribution in [1.82, 2.24) is 9.55 Å². The first kappa shape index (κ1) is 21.4. The first-order valence-electron chi connectivity index (χ1n) is 7.74. The summed E-state index contributed by atoms with van der Waals surface area (Å²) in [7, 11) is 0. The van der Waals surface area contributed by atoms with E-state index < -0.39 is 87.4 Å². The van der Waals surface area contributed by atoms with Gasteiger partial charge in [0.2, 0.25) is 11.6 Å². The van der Waals surface area contributed by atoms with E-state index in [0.717, 1.165) is 6.08 Å². The lowest BCUT2D eigenvalue weighted by molar-refractivity contribution is 0.380. The standard InChI is InChI=1S/C18H6F10N2/c1-2-3-30-4-5(6-8(19)12(23)16(27)13(24)9(6)20)29-18(30)7-10(21)14(25)17(28)15(26)11(7)22/h2,4H,1,3H2. The van der Waals surface area contributed by atoms with E-state index in [1.54, 1.807) is 0 Å². The number of hydrogen-bond donors (Lipinski definition) is 0. The molecule has 0 aliphatic rings. The number of rotatable bonds is 4. The molecule has 3 rings (SSSR count). The largest absolute Gasteiger partial charge is 0.326 e. The number of imidazole rings is 1. The van der Waals surface area contributed by atoms with Crippen molar-refractivity contribution in [2.75, 3.05) is 0 Å². The molecule has 0 unspecified atom stereocenters. The molecule has 12 heteroatoms. The monoisotopic (exact) mass is 440 g/mol. The van der Waals surface area contributed by atoms with Crippen LogP contribution in [0.4, 0.5) is 43.9 Å². The highest BCUT2D eigenvalue weighted by Gasteiger charge is 2.32. The molecular formula is C18H6F10N2. The van der Waals surface area contributed by atoms with E-state index in [1.165, 1.54) is 0 Å². The molecule has 1 aromatic heterocycles. The molecule has 2 aromatic carbocycles. The molecule has 30 heavy (non-hydrogen) atoms. The summed E-state index contributed by atoms with van der Waals surface area (Å²) >= 11 is 0. The second-order valence-electron chi connectivity index (χ2n) is 5.78. The molecular weight excluding hydrogens is 434 g/mol. The van der Waals surface area contributed by atoms with Gasteiger partial charge in [-0.1, -0.05) is 6.08 Å². The molecule has 0 aliphatic carbocycles. The van der Waals surface area contributed by atoms with Gasteiger partial charge in [-0.15, -0.1) is 6.58 Å². The van der Waals surface area contributed by atoms with Crippen LogP contribution in [0.1, 0.15) is 0 Å². The third-order valence-corrected chi connectivity index (χ3v) is 4.00. The quantitative estimate of drug-likeness (QED) is 0.217. The Morgan fingerprint density at radius 3 is 1.40 bits per heavy atom. The van der Waals surface area contributed by atoms with Gasteiger partial charge < -0.3 is 4.57 Å². The molecule has 0 spiro atoms. The minimum absolute atomic E-state index is 0.433. The Hall–Kier alpha value is -3.31. The van der Waals surface area contributed by atoms with Gasteiger partial charge in [-0.2, -0.15) is 0 Å². The van der Waals surface area contributed by atoms with Crippen molar-refractivity contribution in [3.63, 3.8) is 0 Å². The van der Waals surface area contributed by atoms with Gasteiger partial charge in [0.1, 0.15) is 5.82 Å². The van der Waals surface area contributed by atoms with Crippen molar-refractivity contribution >= 4 is 0 Å². The summed E-state index contributed by atoms with van der Waals surface area (Å²) in [4.78, 5) is 3.38. The zero-order valence-corrected chi connectivity index (χ0v) is 14.2. The second kappa shape index (κ2) is 7.50. The normalized spacial score (nSPS) is 11.3. The van der Waals surface area contributed by atoms with E-state index >= 15 is 0 Å². The van der Waals surface area contributed by atoms with Crippen LogP contribution in [0.2, 0.25) is 0 Å². The second-order valence-corrected chi connectivity index (χ2v) is 5.78. The van der Waals surface area contributed by atoms with E-state index in [2.05, 4.69) is 11.6 Å². The van der Waals surface area contributed by atoms with Gasteiger partial charge in [0.15, 0.2) is 46.5 Å². The summed E-state index contributed by atoms with van der Waals surface area (Å²) in [6, 6.07) is 0. The van der Waals surface area contributed by atoms with Gasteiger partial charge in [-0.3, -0.25) is 0 Å². The third-order valence-electron chi connectivity index (χ3n) is 4.00. The zero-order valence-electron chi connectivity index (χ0n) is 14.2. The lowest BCUT2D eigenvalue weighted by atomic mass is 10.1. The minimum atomic E-state index is -2.46. The first-order valence-corrected chi connectivity index (χ1v) is 7.74. The van der Waals surface area contributed by atoms with Crippen LogP contribution < -0.4 is 0 Å². The van der Waals surface area contributed by atoms with E-state index in [1.807, 2.05) is 0 Å². The van der Waals surface area contributed by atoms with Crippen molar-refractivity contribution in [1.29, 1.82) is 0 Å². The van der Waals surface area contributed by atoms with Crippen molar-refractivity contribution in [2.45, 2.75) is 6.54 Å². The predicted octanol–water partition coefficient (Wildman–Crippen LogP) is 5.79. The molecule has 3 aromatic rings. The van der Waals surface area contributed by atoms with Crippen molar-refractivity contribution in [2.24, 2.45) is 0 Å². The van der Waals surface area contributed by atoms with Gasteiger partial charge in [-0.05, 0) is 0 Å². The number of hydrogen-bond acceptors (Lipinski definition) is 1. The van der Waals surface area contributed by atoms with Gasteiger partial charge in [0.25, 0.3) is 0 Å². The van der Waals surface area contributed by atoms with E-state index in [9.17, 15) is 43.9 Å². The fourth-order valence-corrected chi connectivity index (χ4v) is 2.65. The number of aromatic nitrogens is 2. The highest BCUT2D eigenvalue weighted by molar-refractivity contribution is 5.67. The molecule has 1 heterocycles. The molecule has 0 radical (unpaired) electrons. The molecule has 0 saturated heterocycles. The van der Waals surface area contributed by atoms with Crippen LogP contribution in [0.3, 0.4) is 0 Å². The predicted molar refractivity (Wildman–Crippen MR) is 82.9 cm³/mol. The lowest BCUT2D eigenvalue weighted by Gasteiger charge is -2.09. The summed E-state index contributed by atoms with van der Waals surface area (Å²) in [5.41, 5.74) is -4.13. The molecule has 2 nitrogen and oxygen atoms in total. The SMILES string of the molecule is C=CCn1cc(-c2c(F)c(F)c(F)c(F)c2F)nc1-c1c(F)c(F)c(F)c(F)c1F. The Morgan fingerprint density at radius 2 is 1.00 bits per heavy atom. The van der Waals surface area contributed by atoms with Gasteiger partial charge >= 0.3 is 0 Å². The van der Waals surface area contributed by atoms with Crippen molar-refractivity contribution < 1.29 is 43.9 Å². The van der Waals surface area contributed by atoms with E-state index in [4.69, 9.17) is 0 Å². The average Bonchev–Trinajstić information content (AvgIpc) is 3.11. The van der Waals surface area contributed by atoms with Crippen LogP contribution in [0.25, 0.3) is 22.6 Å². The van der Waals surface area contributed by atoms with Crippen molar-refractivity contribution in [3.8, 4) is 22.6 Å². The van der Waals surface area contributed by atoms with Crippen LogP contribution in [0.15, 0.2) is 18.9 Å². The average molecular weight is 440 g/mol.